The Balaban J connectivity index is 2.07. The van der Waals surface area contributed by atoms with Crippen LogP contribution in [0, 0.1) is 18.6 Å². The molecule has 0 amide bonds. The summed E-state index contributed by atoms with van der Waals surface area (Å²) in [5.41, 5.74) is 3.31. The van der Waals surface area contributed by atoms with Crippen molar-refractivity contribution >= 4 is 18.4 Å². The highest BCUT2D eigenvalue weighted by atomic mass is 32.1. The molecule has 0 saturated heterocycles. The molecular weight excluding hydrogens is 338 g/mol. The van der Waals surface area contributed by atoms with Crippen molar-refractivity contribution in [3.63, 3.8) is 0 Å². The molecule has 0 bridgehead atoms. The van der Waals surface area contributed by atoms with Crippen LogP contribution >= 0.6 is 12.2 Å². The Morgan fingerprint density at radius 1 is 1.28 bits per heavy atom. The third-order valence-corrected chi connectivity index (χ3v) is 4.05. The number of pyridine rings is 1. The number of benzene rings is 1. The summed E-state index contributed by atoms with van der Waals surface area (Å²) in [6, 6.07) is 7.81. The summed E-state index contributed by atoms with van der Waals surface area (Å²) >= 11 is 5.24. The van der Waals surface area contributed by atoms with Gasteiger partial charge in [-0.1, -0.05) is 29.8 Å². The molecular formula is C17H17N5O2S. The van der Waals surface area contributed by atoms with E-state index >= 15 is 0 Å². The van der Waals surface area contributed by atoms with Crippen LogP contribution in [0.5, 0.6) is 5.75 Å². The first-order chi connectivity index (χ1) is 12.0. The van der Waals surface area contributed by atoms with E-state index in [4.69, 9.17) is 12.2 Å². The Morgan fingerprint density at radius 3 is 2.68 bits per heavy atom. The molecule has 3 rings (SSSR count). The van der Waals surface area contributed by atoms with Crippen LogP contribution in [0.4, 0.5) is 0 Å². The van der Waals surface area contributed by atoms with Crippen LogP contribution in [0.25, 0.3) is 11.4 Å². The highest BCUT2D eigenvalue weighted by Crippen LogP contribution is 2.23. The third-order valence-electron chi connectivity index (χ3n) is 3.79. The highest BCUT2D eigenvalue weighted by Gasteiger charge is 2.11. The van der Waals surface area contributed by atoms with Crippen LogP contribution in [0.1, 0.15) is 22.4 Å². The fourth-order valence-electron chi connectivity index (χ4n) is 2.33. The Hall–Kier alpha value is -2.84. The van der Waals surface area contributed by atoms with Crippen molar-refractivity contribution in [2.45, 2.75) is 20.5 Å². The molecule has 8 heteroatoms. The summed E-state index contributed by atoms with van der Waals surface area (Å²) in [5, 5.41) is 30.9. The molecule has 0 spiro atoms. The zero-order valence-electron chi connectivity index (χ0n) is 13.8. The van der Waals surface area contributed by atoms with Gasteiger partial charge in [0.05, 0.1) is 18.5 Å². The molecule has 0 atom stereocenters. The van der Waals surface area contributed by atoms with Gasteiger partial charge in [0, 0.05) is 22.9 Å². The van der Waals surface area contributed by atoms with Crippen molar-refractivity contribution < 1.29 is 10.2 Å². The molecule has 1 aromatic carbocycles. The van der Waals surface area contributed by atoms with E-state index in [0.29, 0.717) is 27.4 Å². The smallest absolute Gasteiger partial charge is 0.216 e. The summed E-state index contributed by atoms with van der Waals surface area (Å²) in [5.74, 6) is 0.527. The van der Waals surface area contributed by atoms with Gasteiger partial charge in [-0.25, -0.2) is 5.10 Å². The number of hydrogen-bond donors (Lipinski definition) is 3. The third kappa shape index (κ3) is 3.35. The first-order valence-electron chi connectivity index (χ1n) is 7.58. The van der Waals surface area contributed by atoms with Gasteiger partial charge in [-0.15, -0.1) is 0 Å². The quantitative estimate of drug-likeness (QED) is 0.494. The van der Waals surface area contributed by atoms with E-state index in [1.807, 2.05) is 31.2 Å². The lowest BCUT2D eigenvalue weighted by atomic mass is 10.1. The summed E-state index contributed by atoms with van der Waals surface area (Å²) in [7, 11) is 0. The number of aliphatic hydroxyl groups excluding tert-OH is 1. The van der Waals surface area contributed by atoms with E-state index in [9.17, 15) is 10.2 Å². The van der Waals surface area contributed by atoms with Gasteiger partial charge in [-0.3, -0.25) is 4.98 Å². The van der Waals surface area contributed by atoms with E-state index in [-0.39, 0.29) is 12.4 Å². The van der Waals surface area contributed by atoms with Crippen LogP contribution in [0.2, 0.25) is 0 Å². The van der Waals surface area contributed by atoms with Crippen molar-refractivity contribution in [1.82, 2.24) is 19.9 Å². The van der Waals surface area contributed by atoms with Gasteiger partial charge in [-0.2, -0.15) is 14.9 Å². The predicted molar refractivity (Wildman–Crippen MR) is 97.1 cm³/mol. The van der Waals surface area contributed by atoms with Crippen LogP contribution in [0.15, 0.2) is 35.6 Å². The van der Waals surface area contributed by atoms with E-state index in [2.05, 4.69) is 20.3 Å². The van der Waals surface area contributed by atoms with Crippen molar-refractivity contribution in [3.05, 3.63) is 57.6 Å². The Kier molecular flexibility index (Phi) is 4.73. The maximum atomic E-state index is 10.2. The Bertz CT molecular complexity index is 989. The molecule has 2 aromatic heterocycles. The SMILES string of the molecule is Cc1ccc(-c2n[nH]c(=S)n2/N=C/c2c(CO)cnc(C)c2O)cc1. The highest BCUT2D eigenvalue weighted by molar-refractivity contribution is 7.71. The van der Waals surface area contributed by atoms with Crippen LogP contribution in [-0.4, -0.2) is 36.3 Å². The average Bonchev–Trinajstić information content (AvgIpc) is 2.97. The number of rotatable bonds is 4. The minimum atomic E-state index is -0.260. The lowest BCUT2D eigenvalue weighted by Gasteiger charge is -2.07. The van der Waals surface area contributed by atoms with Crippen molar-refractivity contribution in [3.8, 4) is 17.1 Å². The van der Waals surface area contributed by atoms with Gasteiger partial charge >= 0.3 is 0 Å². The van der Waals surface area contributed by atoms with Crippen molar-refractivity contribution in [2.24, 2.45) is 5.10 Å². The number of hydrogen-bond acceptors (Lipinski definition) is 6. The molecule has 2 heterocycles. The molecule has 7 nitrogen and oxygen atoms in total. The number of aromatic nitrogens is 4. The molecule has 0 fully saturated rings. The maximum Gasteiger partial charge on any atom is 0.216 e. The zero-order chi connectivity index (χ0) is 18.0. The van der Waals surface area contributed by atoms with Crippen molar-refractivity contribution in [1.29, 1.82) is 0 Å². The molecule has 128 valence electrons. The second-order valence-electron chi connectivity index (χ2n) is 5.56. The molecule has 3 aromatic rings. The first-order valence-corrected chi connectivity index (χ1v) is 7.99. The molecule has 0 saturated carbocycles. The lowest BCUT2D eigenvalue weighted by molar-refractivity contribution is 0.280. The van der Waals surface area contributed by atoms with E-state index < -0.39 is 0 Å². The van der Waals surface area contributed by atoms with Gasteiger partial charge in [0.15, 0.2) is 5.82 Å². The Morgan fingerprint density at radius 2 is 2.00 bits per heavy atom. The average molecular weight is 355 g/mol. The van der Waals surface area contributed by atoms with Gasteiger partial charge in [-0.05, 0) is 26.1 Å². The number of aromatic amines is 1. The fourth-order valence-corrected chi connectivity index (χ4v) is 2.51. The van der Waals surface area contributed by atoms with Gasteiger partial charge in [0.2, 0.25) is 4.77 Å². The second kappa shape index (κ2) is 6.96. The van der Waals surface area contributed by atoms with Crippen LogP contribution in [-0.2, 0) is 6.61 Å². The molecule has 25 heavy (non-hydrogen) atoms. The molecule has 0 aliphatic heterocycles. The number of aliphatic hydroxyl groups is 1. The molecule has 0 aliphatic rings. The number of nitrogens with one attached hydrogen (secondary N) is 1. The maximum absolute atomic E-state index is 10.2. The number of aromatic hydroxyl groups is 1. The minimum absolute atomic E-state index is 0.0257. The monoisotopic (exact) mass is 355 g/mol. The van der Waals surface area contributed by atoms with E-state index in [1.165, 1.54) is 17.1 Å². The van der Waals surface area contributed by atoms with Gasteiger partial charge < -0.3 is 10.2 Å². The number of nitrogens with zero attached hydrogens (tertiary/aromatic N) is 4. The molecule has 0 unspecified atom stereocenters. The fraction of sp³-hybridized carbons (Fsp3) is 0.176. The lowest BCUT2D eigenvalue weighted by Crippen LogP contribution is -2.00. The molecule has 3 N–H and O–H groups in total. The largest absolute Gasteiger partial charge is 0.505 e. The van der Waals surface area contributed by atoms with Crippen LogP contribution < -0.4 is 0 Å². The molecule has 0 aliphatic carbocycles. The molecule has 0 radical (unpaired) electrons. The standard InChI is InChI=1S/C17H17N5O2S/c1-10-3-5-12(6-4-10)16-20-21-17(25)22(16)19-8-14-13(9-23)7-18-11(2)15(14)24/h3-8,23-24H,9H2,1-2H3,(H,21,25)/b19-8+. The number of aryl methyl sites for hydroxylation is 2. The zero-order valence-corrected chi connectivity index (χ0v) is 14.6. The van der Waals surface area contributed by atoms with Gasteiger partial charge in [0.25, 0.3) is 0 Å². The summed E-state index contributed by atoms with van der Waals surface area (Å²) in [6.45, 7) is 3.42. The van der Waals surface area contributed by atoms with E-state index in [0.717, 1.165) is 11.1 Å². The first kappa shape index (κ1) is 17.0. The Labute approximate surface area is 149 Å². The second-order valence-corrected chi connectivity index (χ2v) is 5.95. The van der Waals surface area contributed by atoms with E-state index in [1.54, 1.807) is 6.92 Å². The normalized spacial score (nSPS) is 11.3. The topological polar surface area (TPSA) is 99.3 Å². The minimum Gasteiger partial charge on any atom is -0.505 e. The summed E-state index contributed by atoms with van der Waals surface area (Å²) < 4.78 is 1.79. The van der Waals surface area contributed by atoms with Crippen molar-refractivity contribution in [2.75, 3.05) is 0 Å². The number of H-pyrrole nitrogens is 1. The van der Waals surface area contributed by atoms with Crippen LogP contribution in [0.3, 0.4) is 0 Å². The summed E-state index contributed by atoms with van der Waals surface area (Å²) in [4.78, 5) is 4.03. The van der Waals surface area contributed by atoms with Gasteiger partial charge in [0.1, 0.15) is 5.75 Å². The summed E-state index contributed by atoms with van der Waals surface area (Å²) in [6.07, 6.45) is 2.95. The predicted octanol–water partition coefficient (Wildman–Crippen LogP) is 2.70.